The van der Waals surface area contributed by atoms with E-state index in [1.54, 1.807) is 6.07 Å². The second-order valence-corrected chi connectivity index (χ2v) is 6.37. The number of rotatable bonds is 5. The summed E-state index contributed by atoms with van der Waals surface area (Å²) in [5, 5.41) is 2.87. The molecule has 2 aromatic rings. The van der Waals surface area contributed by atoms with Crippen molar-refractivity contribution in [2.75, 3.05) is 55.6 Å². The Morgan fingerprint density at radius 2 is 1.64 bits per heavy atom. The molecule has 1 saturated heterocycles. The highest BCUT2D eigenvalue weighted by Crippen LogP contribution is 2.28. The van der Waals surface area contributed by atoms with E-state index in [-0.39, 0.29) is 36.5 Å². The number of hydrogen-bond acceptors (Lipinski definition) is 5. The first-order valence-corrected chi connectivity index (χ1v) is 8.69. The largest absolute Gasteiger partial charge is 0.397 e. The van der Waals surface area contributed by atoms with E-state index in [9.17, 15) is 9.18 Å². The Kier molecular flexibility index (Phi) is 9.31. The van der Waals surface area contributed by atoms with Gasteiger partial charge in [0.15, 0.2) is 0 Å². The lowest BCUT2D eigenvalue weighted by Crippen LogP contribution is -2.48. The van der Waals surface area contributed by atoms with Gasteiger partial charge in [0.1, 0.15) is 5.82 Å². The number of amides is 1. The molecule has 28 heavy (non-hydrogen) atoms. The first-order valence-electron chi connectivity index (χ1n) is 8.69. The van der Waals surface area contributed by atoms with Gasteiger partial charge in [0.05, 0.1) is 17.1 Å². The standard InChI is InChI=1S/C19H24FN5O.2ClH/c20-15-6-4-14(5-7-15)19(26)23-8-9-24-10-12-25(13-11-24)17-3-1-2-16(21)18(17)22;;/h1-7H,8-13,21-22H2,(H,23,26);2*1H. The number of carbonyl (C=O) groups excluding carboxylic acids is 1. The Balaban J connectivity index is 0.00000196. The fraction of sp³-hybridized carbons (Fsp3) is 0.316. The van der Waals surface area contributed by atoms with Crippen molar-refractivity contribution in [3.8, 4) is 0 Å². The second kappa shape index (κ2) is 10.9. The number of benzene rings is 2. The van der Waals surface area contributed by atoms with Gasteiger partial charge in [0.25, 0.3) is 5.91 Å². The molecule has 3 rings (SSSR count). The Morgan fingerprint density at radius 3 is 2.29 bits per heavy atom. The summed E-state index contributed by atoms with van der Waals surface area (Å²) in [4.78, 5) is 16.5. The van der Waals surface area contributed by atoms with Gasteiger partial charge in [-0.25, -0.2) is 4.39 Å². The number of nitrogens with zero attached hydrogens (tertiary/aromatic N) is 2. The van der Waals surface area contributed by atoms with Crippen LogP contribution in [0.25, 0.3) is 0 Å². The Labute approximate surface area is 176 Å². The van der Waals surface area contributed by atoms with Crippen molar-refractivity contribution in [2.45, 2.75) is 0 Å². The van der Waals surface area contributed by atoms with Gasteiger partial charge in [-0.2, -0.15) is 0 Å². The third-order valence-electron chi connectivity index (χ3n) is 4.65. The SMILES string of the molecule is Cl.Cl.Nc1cccc(N2CCN(CCNC(=O)c3ccc(F)cc3)CC2)c1N. The monoisotopic (exact) mass is 429 g/mol. The van der Waals surface area contributed by atoms with E-state index in [1.165, 1.54) is 24.3 Å². The lowest BCUT2D eigenvalue weighted by molar-refractivity contribution is 0.0947. The molecule has 0 saturated carbocycles. The third-order valence-corrected chi connectivity index (χ3v) is 4.65. The van der Waals surface area contributed by atoms with Gasteiger partial charge in [-0.05, 0) is 36.4 Å². The van der Waals surface area contributed by atoms with Crippen molar-refractivity contribution >= 4 is 47.8 Å². The maximum Gasteiger partial charge on any atom is 0.251 e. The lowest BCUT2D eigenvalue weighted by Gasteiger charge is -2.36. The topological polar surface area (TPSA) is 87.6 Å². The van der Waals surface area contributed by atoms with Crippen LogP contribution in [0, 0.1) is 5.82 Å². The molecule has 0 aromatic heterocycles. The smallest absolute Gasteiger partial charge is 0.251 e. The average Bonchev–Trinajstić information content (AvgIpc) is 2.65. The molecule has 154 valence electrons. The summed E-state index contributed by atoms with van der Waals surface area (Å²) in [6.45, 7) is 4.82. The number of nitrogens with one attached hydrogen (secondary N) is 1. The quantitative estimate of drug-likeness (QED) is 0.635. The van der Waals surface area contributed by atoms with Crippen LogP contribution in [0.2, 0.25) is 0 Å². The summed E-state index contributed by atoms with van der Waals surface area (Å²) in [6.07, 6.45) is 0. The van der Waals surface area contributed by atoms with E-state index in [0.29, 0.717) is 23.5 Å². The molecule has 0 spiro atoms. The van der Waals surface area contributed by atoms with Crippen molar-refractivity contribution < 1.29 is 9.18 Å². The number of hydrogen-bond donors (Lipinski definition) is 3. The summed E-state index contributed by atoms with van der Waals surface area (Å²) in [6, 6.07) is 11.3. The molecule has 6 nitrogen and oxygen atoms in total. The van der Waals surface area contributed by atoms with Gasteiger partial charge in [0, 0.05) is 44.8 Å². The van der Waals surface area contributed by atoms with Crippen LogP contribution in [0.5, 0.6) is 0 Å². The molecule has 1 aliphatic heterocycles. The maximum atomic E-state index is 12.9. The normalized spacial score (nSPS) is 14.0. The fourth-order valence-corrected chi connectivity index (χ4v) is 3.09. The molecule has 1 amide bonds. The van der Waals surface area contributed by atoms with Crippen LogP contribution in [-0.2, 0) is 0 Å². The van der Waals surface area contributed by atoms with E-state index >= 15 is 0 Å². The molecule has 2 aromatic carbocycles. The molecule has 0 aliphatic carbocycles. The van der Waals surface area contributed by atoms with Crippen LogP contribution in [0.15, 0.2) is 42.5 Å². The highest BCUT2D eigenvalue weighted by molar-refractivity contribution is 5.94. The van der Waals surface area contributed by atoms with Crippen molar-refractivity contribution in [1.29, 1.82) is 0 Å². The van der Waals surface area contributed by atoms with Crippen LogP contribution >= 0.6 is 24.8 Å². The van der Waals surface area contributed by atoms with Crippen molar-refractivity contribution in [1.82, 2.24) is 10.2 Å². The van der Waals surface area contributed by atoms with Gasteiger partial charge in [-0.3, -0.25) is 9.69 Å². The van der Waals surface area contributed by atoms with Crippen molar-refractivity contribution in [2.24, 2.45) is 0 Å². The van der Waals surface area contributed by atoms with Gasteiger partial charge in [-0.15, -0.1) is 24.8 Å². The zero-order valence-corrected chi connectivity index (χ0v) is 17.1. The van der Waals surface area contributed by atoms with Gasteiger partial charge in [-0.1, -0.05) is 6.07 Å². The van der Waals surface area contributed by atoms with E-state index < -0.39 is 0 Å². The minimum atomic E-state index is -0.347. The van der Waals surface area contributed by atoms with Crippen LogP contribution in [0.4, 0.5) is 21.5 Å². The van der Waals surface area contributed by atoms with Gasteiger partial charge >= 0.3 is 0 Å². The van der Waals surface area contributed by atoms with Crippen LogP contribution in [0.1, 0.15) is 10.4 Å². The van der Waals surface area contributed by atoms with E-state index in [2.05, 4.69) is 15.1 Å². The molecule has 0 bridgehead atoms. The zero-order chi connectivity index (χ0) is 18.5. The number of carbonyl (C=O) groups is 1. The Morgan fingerprint density at radius 1 is 1.00 bits per heavy atom. The molecule has 0 radical (unpaired) electrons. The molecule has 1 aliphatic rings. The molecule has 0 unspecified atom stereocenters. The molecular formula is C19H26Cl2FN5O. The Bertz CT molecular complexity index is 767. The number of halogens is 3. The maximum absolute atomic E-state index is 12.9. The van der Waals surface area contributed by atoms with E-state index in [0.717, 1.165) is 38.4 Å². The number of nitrogen functional groups attached to an aromatic ring is 2. The van der Waals surface area contributed by atoms with E-state index in [4.69, 9.17) is 11.5 Å². The number of anilines is 3. The van der Waals surface area contributed by atoms with Gasteiger partial charge < -0.3 is 21.7 Å². The third kappa shape index (κ3) is 5.89. The fourth-order valence-electron chi connectivity index (χ4n) is 3.09. The van der Waals surface area contributed by atoms with Crippen molar-refractivity contribution in [3.63, 3.8) is 0 Å². The molecular weight excluding hydrogens is 404 g/mol. The summed E-state index contributed by atoms with van der Waals surface area (Å²) in [5.41, 5.74) is 14.6. The Hall–Kier alpha value is -2.22. The zero-order valence-electron chi connectivity index (χ0n) is 15.4. The van der Waals surface area contributed by atoms with Crippen LogP contribution in [-0.4, -0.2) is 50.1 Å². The first-order chi connectivity index (χ1) is 12.5. The van der Waals surface area contributed by atoms with E-state index in [1.807, 2.05) is 12.1 Å². The molecule has 0 atom stereocenters. The van der Waals surface area contributed by atoms with Crippen LogP contribution in [0.3, 0.4) is 0 Å². The lowest BCUT2D eigenvalue weighted by atomic mass is 10.2. The summed E-state index contributed by atoms with van der Waals surface area (Å²) in [7, 11) is 0. The molecule has 1 fully saturated rings. The first kappa shape index (κ1) is 23.8. The minimum Gasteiger partial charge on any atom is -0.397 e. The van der Waals surface area contributed by atoms with Crippen LogP contribution < -0.4 is 21.7 Å². The summed E-state index contributed by atoms with van der Waals surface area (Å²) in [5.74, 6) is -0.531. The second-order valence-electron chi connectivity index (χ2n) is 6.37. The predicted octanol–water partition coefficient (Wildman–Crippen LogP) is 2.39. The number of nitrogens with two attached hydrogens (primary N) is 2. The van der Waals surface area contributed by atoms with Crippen molar-refractivity contribution in [3.05, 3.63) is 53.8 Å². The molecule has 1 heterocycles. The minimum absolute atomic E-state index is 0. The predicted molar refractivity (Wildman–Crippen MR) is 117 cm³/mol. The van der Waals surface area contributed by atoms with Gasteiger partial charge in [0.2, 0.25) is 0 Å². The summed E-state index contributed by atoms with van der Waals surface area (Å²) < 4.78 is 12.9. The highest BCUT2D eigenvalue weighted by atomic mass is 35.5. The summed E-state index contributed by atoms with van der Waals surface area (Å²) >= 11 is 0. The number of piperazine rings is 1. The molecule has 9 heteroatoms. The highest BCUT2D eigenvalue weighted by Gasteiger charge is 2.19. The molecule has 5 N–H and O–H groups in total. The average molecular weight is 430 g/mol. The number of para-hydroxylation sites is 1.